The van der Waals surface area contributed by atoms with Gasteiger partial charge in [-0.1, -0.05) is 19.8 Å². The molecule has 2 aromatic rings. The Labute approximate surface area is 112 Å². The number of nitrogens with zero attached hydrogens (tertiary/aromatic N) is 4. The molecule has 2 N–H and O–H groups in total. The molecule has 102 valence electrons. The number of rotatable bonds is 6. The molecule has 0 aliphatic heterocycles. The normalized spacial score (nSPS) is 10.6. The molecule has 0 spiro atoms. The molecule has 0 aliphatic carbocycles. The summed E-state index contributed by atoms with van der Waals surface area (Å²) in [6.07, 6.45) is 3.38. The van der Waals surface area contributed by atoms with Crippen LogP contribution in [0.3, 0.4) is 0 Å². The van der Waals surface area contributed by atoms with Gasteiger partial charge < -0.3 is 10.5 Å². The zero-order chi connectivity index (χ0) is 13.7. The maximum absolute atomic E-state index is 5.83. The molecular formula is C13H19N5O. The van der Waals surface area contributed by atoms with Gasteiger partial charge in [-0.05, 0) is 35.0 Å². The van der Waals surface area contributed by atoms with E-state index >= 15 is 0 Å². The second-order valence-electron chi connectivity index (χ2n) is 4.39. The van der Waals surface area contributed by atoms with E-state index in [2.05, 4.69) is 22.4 Å². The molecule has 0 fully saturated rings. The van der Waals surface area contributed by atoms with Crippen molar-refractivity contribution in [3.05, 3.63) is 18.2 Å². The van der Waals surface area contributed by atoms with Crippen molar-refractivity contribution in [2.24, 2.45) is 0 Å². The molecule has 1 aromatic carbocycles. The molecular weight excluding hydrogens is 242 g/mol. The largest absolute Gasteiger partial charge is 0.496 e. The van der Waals surface area contributed by atoms with E-state index in [0.717, 1.165) is 30.7 Å². The molecule has 0 bridgehead atoms. The van der Waals surface area contributed by atoms with Crippen LogP contribution in [0.25, 0.3) is 11.4 Å². The lowest BCUT2D eigenvalue weighted by atomic mass is 10.1. The van der Waals surface area contributed by atoms with Gasteiger partial charge in [0.2, 0.25) is 0 Å². The molecule has 19 heavy (non-hydrogen) atoms. The summed E-state index contributed by atoms with van der Waals surface area (Å²) in [7, 11) is 1.63. The smallest absolute Gasteiger partial charge is 0.185 e. The van der Waals surface area contributed by atoms with Crippen LogP contribution in [-0.4, -0.2) is 27.3 Å². The summed E-state index contributed by atoms with van der Waals surface area (Å²) < 4.78 is 7.14. The Morgan fingerprint density at radius 2 is 2.16 bits per heavy atom. The first-order valence-electron chi connectivity index (χ1n) is 6.46. The zero-order valence-corrected chi connectivity index (χ0v) is 11.3. The van der Waals surface area contributed by atoms with Gasteiger partial charge in [0.15, 0.2) is 5.82 Å². The minimum atomic E-state index is 0.666. The van der Waals surface area contributed by atoms with Crippen LogP contribution < -0.4 is 10.5 Å². The molecule has 2 rings (SSSR count). The molecule has 0 radical (unpaired) electrons. The average molecular weight is 261 g/mol. The molecule has 0 saturated heterocycles. The fourth-order valence-electron chi connectivity index (χ4n) is 1.96. The summed E-state index contributed by atoms with van der Waals surface area (Å²) in [6, 6.07) is 5.46. The van der Waals surface area contributed by atoms with E-state index in [1.807, 2.05) is 12.1 Å². The number of aryl methyl sites for hydroxylation is 1. The van der Waals surface area contributed by atoms with E-state index in [4.69, 9.17) is 10.5 Å². The van der Waals surface area contributed by atoms with Gasteiger partial charge in [0.1, 0.15) is 5.75 Å². The van der Waals surface area contributed by atoms with Gasteiger partial charge in [0, 0.05) is 12.2 Å². The Hall–Kier alpha value is -2.11. The van der Waals surface area contributed by atoms with E-state index in [1.165, 1.54) is 6.42 Å². The van der Waals surface area contributed by atoms with Crippen molar-refractivity contribution >= 4 is 5.69 Å². The minimum absolute atomic E-state index is 0.666. The first-order chi connectivity index (χ1) is 9.26. The van der Waals surface area contributed by atoms with Crippen LogP contribution in [0.1, 0.15) is 26.2 Å². The van der Waals surface area contributed by atoms with E-state index in [-0.39, 0.29) is 0 Å². The molecule has 0 aliphatic rings. The van der Waals surface area contributed by atoms with Crippen LogP contribution in [-0.2, 0) is 6.54 Å². The van der Waals surface area contributed by atoms with E-state index < -0.39 is 0 Å². The number of unbranched alkanes of at least 4 members (excludes halogenated alkanes) is 2. The third-order valence-corrected chi connectivity index (χ3v) is 2.97. The highest BCUT2D eigenvalue weighted by molar-refractivity contribution is 5.68. The van der Waals surface area contributed by atoms with Crippen molar-refractivity contribution in [1.29, 1.82) is 0 Å². The Bertz CT molecular complexity index is 538. The van der Waals surface area contributed by atoms with Crippen LogP contribution in [0.5, 0.6) is 5.75 Å². The van der Waals surface area contributed by atoms with Crippen molar-refractivity contribution in [1.82, 2.24) is 20.2 Å². The van der Waals surface area contributed by atoms with Gasteiger partial charge in [0.25, 0.3) is 0 Å². The van der Waals surface area contributed by atoms with Crippen molar-refractivity contribution in [2.45, 2.75) is 32.7 Å². The summed E-state index contributed by atoms with van der Waals surface area (Å²) in [5.74, 6) is 1.42. The van der Waals surface area contributed by atoms with E-state index in [0.29, 0.717) is 11.5 Å². The summed E-state index contributed by atoms with van der Waals surface area (Å²) in [4.78, 5) is 0. The lowest BCUT2D eigenvalue weighted by Crippen LogP contribution is -2.04. The number of tetrazole rings is 1. The van der Waals surface area contributed by atoms with Crippen LogP contribution in [0, 0.1) is 0 Å². The fourth-order valence-corrected chi connectivity index (χ4v) is 1.96. The van der Waals surface area contributed by atoms with Gasteiger partial charge in [0.05, 0.1) is 12.7 Å². The summed E-state index contributed by atoms with van der Waals surface area (Å²) in [5.41, 5.74) is 7.32. The Morgan fingerprint density at radius 1 is 1.32 bits per heavy atom. The number of nitrogen functional groups attached to an aromatic ring is 1. The molecule has 0 amide bonds. The van der Waals surface area contributed by atoms with E-state index in [9.17, 15) is 0 Å². The number of methoxy groups -OCH3 is 1. The first-order valence-corrected chi connectivity index (χ1v) is 6.46. The number of hydrogen-bond donors (Lipinski definition) is 1. The molecule has 6 nitrogen and oxygen atoms in total. The predicted octanol–water partition coefficient (Wildman–Crippen LogP) is 2.12. The lowest BCUT2D eigenvalue weighted by molar-refractivity contribution is 0.415. The fraction of sp³-hybridized carbons (Fsp3) is 0.462. The highest BCUT2D eigenvalue weighted by Gasteiger charge is 2.14. The monoisotopic (exact) mass is 261 g/mol. The summed E-state index contributed by atoms with van der Waals surface area (Å²) in [6.45, 7) is 2.97. The van der Waals surface area contributed by atoms with Gasteiger partial charge in [-0.3, -0.25) is 0 Å². The molecule has 0 saturated carbocycles. The van der Waals surface area contributed by atoms with Gasteiger partial charge >= 0.3 is 0 Å². The molecule has 6 heteroatoms. The number of benzene rings is 1. The molecule has 1 heterocycles. The SMILES string of the molecule is CCCCCn1nnnc1-c1cc(N)ccc1OC. The third kappa shape index (κ3) is 3.01. The van der Waals surface area contributed by atoms with Crippen LogP contribution in [0.2, 0.25) is 0 Å². The summed E-state index contributed by atoms with van der Waals surface area (Å²) in [5, 5.41) is 11.9. The van der Waals surface area contributed by atoms with Crippen molar-refractivity contribution in [3.8, 4) is 17.1 Å². The van der Waals surface area contributed by atoms with Crippen LogP contribution >= 0.6 is 0 Å². The first kappa shape index (κ1) is 13.3. The second kappa shape index (κ2) is 6.17. The molecule has 1 aromatic heterocycles. The quantitative estimate of drug-likeness (QED) is 0.636. The van der Waals surface area contributed by atoms with Crippen molar-refractivity contribution in [3.63, 3.8) is 0 Å². The van der Waals surface area contributed by atoms with E-state index in [1.54, 1.807) is 17.9 Å². The minimum Gasteiger partial charge on any atom is -0.496 e. The van der Waals surface area contributed by atoms with Gasteiger partial charge in [-0.25, -0.2) is 4.68 Å². The lowest BCUT2D eigenvalue weighted by Gasteiger charge is -2.09. The maximum Gasteiger partial charge on any atom is 0.185 e. The third-order valence-electron chi connectivity index (χ3n) is 2.97. The maximum atomic E-state index is 5.83. The number of ether oxygens (including phenoxy) is 1. The molecule has 0 atom stereocenters. The number of nitrogens with two attached hydrogens (primary N) is 1. The zero-order valence-electron chi connectivity index (χ0n) is 11.3. The van der Waals surface area contributed by atoms with Gasteiger partial charge in [-0.2, -0.15) is 0 Å². The van der Waals surface area contributed by atoms with Crippen molar-refractivity contribution in [2.75, 3.05) is 12.8 Å². The Morgan fingerprint density at radius 3 is 2.89 bits per heavy atom. The van der Waals surface area contributed by atoms with Crippen LogP contribution in [0.4, 0.5) is 5.69 Å². The Balaban J connectivity index is 2.31. The van der Waals surface area contributed by atoms with Crippen LogP contribution in [0.15, 0.2) is 18.2 Å². The number of anilines is 1. The topological polar surface area (TPSA) is 78.9 Å². The highest BCUT2D eigenvalue weighted by atomic mass is 16.5. The average Bonchev–Trinajstić information content (AvgIpc) is 2.87. The second-order valence-corrected chi connectivity index (χ2v) is 4.39. The predicted molar refractivity (Wildman–Crippen MR) is 73.7 cm³/mol. The number of hydrogen-bond acceptors (Lipinski definition) is 5. The standard InChI is InChI=1S/C13H19N5O/c1-3-4-5-8-18-13(15-16-17-18)11-9-10(14)6-7-12(11)19-2/h6-7,9H,3-5,8,14H2,1-2H3. The summed E-state index contributed by atoms with van der Waals surface area (Å²) >= 11 is 0. The highest BCUT2D eigenvalue weighted by Crippen LogP contribution is 2.29. The Kier molecular flexibility index (Phi) is 4.33. The molecule has 0 unspecified atom stereocenters. The van der Waals surface area contributed by atoms with Crippen molar-refractivity contribution < 1.29 is 4.74 Å². The number of aromatic nitrogens is 4. The van der Waals surface area contributed by atoms with Gasteiger partial charge in [-0.15, -0.1) is 5.10 Å².